The minimum atomic E-state index is -4.73. The van der Waals surface area contributed by atoms with Crippen LogP contribution in [0.2, 0.25) is 0 Å². The second-order valence-corrected chi connectivity index (χ2v) is 7.36. The topological polar surface area (TPSA) is 104 Å². The lowest BCUT2D eigenvalue weighted by Crippen LogP contribution is -2.54. The highest BCUT2D eigenvalue weighted by Crippen LogP contribution is 2.27. The number of aromatic amines is 1. The molecule has 1 atom stereocenters. The lowest BCUT2D eigenvalue weighted by molar-refractivity contribution is -0.274. The molecule has 1 fully saturated rings. The van der Waals surface area contributed by atoms with Gasteiger partial charge in [-0.15, -0.1) is 13.2 Å². The van der Waals surface area contributed by atoms with Crippen molar-refractivity contribution in [2.45, 2.75) is 19.3 Å². The molecule has 9 nitrogen and oxygen atoms in total. The Kier molecular flexibility index (Phi) is 5.68. The summed E-state index contributed by atoms with van der Waals surface area (Å²) in [5.41, 5.74) is 1.92. The Hall–Kier alpha value is -3.70. The second-order valence-electron chi connectivity index (χ2n) is 7.36. The average Bonchev–Trinajstić information content (AvgIpc) is 3.11. The Balaban J connectivity index is 1.32. The summed E-state index contributed by atoms with van der Waals surface area (Å²) in [7, 11) is 0. The van der Waals surface area contributed by atoms with E-state index in [1.54, 1.807) is 23.1 Å². The number of halogens is 3. The van der Waals surface area contributed by atoms with E-state index in [1.807, 2.05) is 11.8 Å². The molecule has 0 bridgehead atoms. The Morgan fingerprint density at radius 1 is 1.31 bits per heavy atom. The lowest BCUT2D eigenvalue weighted by Gasteiger charge is -2.41. The second kappa shape index (κ2) is 8.44. The molecule has 1 aliphatic rings. The highest BCUT2D eigenvalue weighted by atomic mass is 19.4. The summed E-state index contributed by atoms with van der Waals surface area (Å²) < 4.78 is 45.8. The summed E-state index contributed by atoms with van der Waals surface area (Å²) in [5, 5.41) is 2.98. The number of carbonyl (C=O) groups excluding carboxylic acids is 1. The van der Waals surface area contributed by atoms with E-state index in [1.165, 1.54) is 18.3 Å². The maximum atomic E-state index is 12.6. The number of nitrogens with zero attached hydrogens (tertiary/aromatic N) is 3. The van der Waals surface area contributed by atoms with E-state index in [2.05, 4.69) is 20.0 Å². The zero-order chi connectivity index (χ0) is 22.9. The molecule has 0 saturated carbocycles. The van der Waals surface area contributed by atoms with Crippen molar-refractivity contribution in [3.8, 4) is 5.75 Å². The number of hydrogen-bond acceptors (Lipinski definition) is 7. The number of oxazole rings is 1. The molecule has 4 rings (SSSR count). The number of carbonyl (C=O) groups is 1. The molecule has 0 unspecified atom stereocenters. The third-order valence-corrected chi connectivity index (χ3v) is 5.10. The number of fused-ring (bicyclic) bond motifs is 1. The van der Waals surface area contributed by atoms with Gasteiger partial charge >= 0.3 is 12.1 Å². The number of pyridine rings is 1. The smallest absolute Gasteiger partial charge is 0.406 e. The molecular weight excluding hydrogens is 431 g/mol. The van der Waals surface area contributed by atoms with Crippen molar-refractivity contribution in [3.05, 3.63) is 47.1 Å². The van der Waals surface area contributed by atoms with Crippen molar-refractivity contribution in [1.29, 1.82) is 0 Å². The van der Waals surface area contributed by atoms with Crippen LogP contribution in [0.4, 0.5) is 24.5 Å². The van der Waals surface area contributed by atoms with E-state index < -0.39 is 12.1 Å². The minimum Gasteiger partial charge on any atom is -0.406 e. The highest BCUT2D eigenvalue weighted by molar-refractivity contribution is 5.82. The fourth-order valence-corrected chi connectivity index (χ4v) is 3.63. The quantitative estimate of drug-likeness (QED) is 0.615. The van der Waals surface area contributed by atoms with Gasteiger partial charge in [0.05, 0.1) is 18.4 Å². The van der Waals surface area contributed by atoms with Crippen LogP contribution in [0.25, 0.3) is 11.2 Å². The van der Waals surface area contributed by atoms with Crippen LogP contribution in [-0.4, -0.2) is 59.4 Å². The fourth-order valence-electron chi connectivity index (χ4n) is 3.63. The third kappa shape index (κ3) is 4.95. The zero-order valence-electron chi connectivity index (χ0n) is 17.0. The number of rotatable bonds is 5. The lowest BCUT2D eigenvalue weighted by atomic mass is 10.1. The minimum absolute atomic E-state index is 0.0331. The van der Waals surface area contributed by atoms with Crippen LogP contribution in [0.5, 0.6) is 5.75 Å². The number of H-pyrrole nitrogens is 1. The molecule has 3 heterocycles. The summed E-state index contributed by atoms with van der Waals surface area (Å²) in [4.78, 5) is 34.1. The van der Waals surface area contributed by atoms with Gasteiger partial charge in [-0.05, 0) is 31.2 Å². The van der Waals surface area contributed by atoms with Crippen LogP contribution in [-0.2, 0) is 4.79 Å². The van der Waals surface area contributed by atoms with Gasteiger partial charge in [-0.25, -0.2) is 9.78 Å². The first kappa shape index (κ1) is 21.5. The van der Waals surface area contributed by atoms with Crippen LogP contribution in [0.15, 0.2) is 45.7 Å². The van der Waals surface area contributed by atoms with E-state index >= 15 is 0 Å². The molecule has 12 heteroatoms. The Bertz CT molecular complexity index is 1160. The van der Waals surface area contributed by atoms with Gasteiger partial charge in [-0.3, -0.25) is 9.78 Å². The van der Waals surface area contributed by atoms with Crippen LogP contribution < -0.4 is 20.7 Å². The van der Waals surface area contributed by atoms with E-state index in [-0.39, 0.29) is 24.2 Å². The van der Waals surface area contributed by atoms with Gasteiger partial charge in [0, 0.05) is 37.4 Å². The van der Waals surface area contributed by atoms with Gasteiger partial charge in [0.15, 0.2) is 11.2 Å². The summed E-state index contributed by atoms with van der Waals surface area (Å²) in [6.45, 7) is 3.45. The summed E-state index contributed by atoms with van der Waals surface area (Å²) in [6, 6.07) is 7.23. The number of alkyl halides is 3. The Morgan fingerprint density at radius 2 is 2.06 bits per heavy atom. The molecule has 1 saturated heterocycles. The Morgan fingerprint density at radius 3 is 2.75 bits per heavy atom. The first-order valence-corrected chi connectivity index (χ1v) is 9.81. The van der Waals surface area contributed by atoms with Gasteiger partial charge in [0.2, 0.25) is 5.91 Å². The van der Waals surface area contributed by atoms with Crippen LogP contribution in [0.1, 0.15) is 6.92 Å². The van der Waals surface area contributed by atoms with Crippen LogP contribution in [0, 0.1) is 0 Å². The number of anilines is 2. The first-order chi connectivity index (χ1) is 15.2. The van der Waals surface area contributed by atoms with Crippen molar-refractivity contribution in [2.75, 3.05) is 36.4 Å². The van der Waals surface area contributed by atoms with Gasteiger partial charge < -0.3 is 24.3 Å². The summed E-state index contributed by atoms with van der Waals surface area (Å²) in [5.74, 6) is -0.989. The monoisotopic (exact) mass is 451 g/mol. The van der Waals surface area contributed by atoms with Crippen molar-refractivity contribution in [2.24, 2.45) is 0 Å². The standard InChI is InChI=1S/C20H20F3N5O4/c1-12-11-27(6-7-28(12)14-2-4-15(5-3-14)32-20(21,22)23)17(29)10-24-13-8-16-18(25-9-13)26-19(30)31-16/h2-5,8-9,12,24H,6-7,10-11H2,1H3,(H,25,26,30)/t12-/m1/s1. The molecule has 2 N–H and O–H groups in total. The molecule has 3 aromatic rings. The number of aromatic nitrogens is 2. The van der Waals surface area contributed by atoms with Crippen molar-refractivity contribution >= 4 is 28.5 Å². The maximum Gasteiger partial charge on any atom is 0.573 e. The van der Waals surface area contributed by atoms with Crippen LogP contribution in [0.3, 0.4) is 0 Å². The largest absolute Gasteiger partial charge is 0.573 e. The number of piperazine rings is 1. The predicted molar refractivity (Wildman–Crippen MR) is 110 cm³/mol. The molecule has 0 aliphatic carbocycles. The number of benzene rings is 1. The van der Waals surface area contributed by atoms with Crippen molar-refractivity contribution in [3.63, 3.8) is 0 Å². The average molecular weight is 451 g/mol. The van der Waals surface area contributed by atoms with Gasteiger partial charge in [-0.1, -0.05) is 0 Å². The molecule has 0 spiro atoms. The van der Waals surface area contributed by atoms with E-state index in [0.29, 0.717) is 36.6 Å². The molecule has 1 aromatic carbocycles. The summed E-state index contributed by atoms with van der Waals surface area (Å²) >= 11 is 0. The number of hydrogen-bond donors (Lipinski definition) is 2. The normalized spacial score (nSPS) is 16.9. The SMILES string of the molecule is C[C@@H]1CN(C(=O)CNc2cnc3[nH]c(=O)oc3c2)CCN1c1ccc(OC(F)(F)F)cc1. The molecular formula is C20H20F3N5O4. The van der Waals surface area contributed by atoms with Crippen molar-refractivity contribution in [1.82, 2.24) is 14.9 Å². The molecule has 1 aliphatic heterocycles. The molecule has 170 valence electrons. The van der Waals surface area contributed by atoms with Crippen LogP contribution >= 0.6 is 0 Å². The number of amides is 1. The Labute approximate surface area is 179 Å². The third-order valence-electron chi connectivity index (χ3n) is 5.10. The highest BCUT2D eigenvalue weighted by Gasteiger charge is 2.31. The first-order valence-electron chi connectivity index (χ1n) is 9.81. The number of ether oxygens (including phenoxy) is 1. The molecule has 2 aromatic heterocycles. The van der Waals surface area contributed by atoms with E-state index in [0.717, 1.165) is 5.69 Å². The predicted octanol–water partition coefficient (Wildman–Crippen LogP) is 2.56. The molecule has 1 amide bonds. The zero-order valence-corrected chi connectivity index (χ0v) is 17.0. The fraction of sp³-hybridized carbons (Fsp3) is 0.350. The van der Waals surface area contributed by atoms with E-state index in [9.17, 15) is 22.8 Å². The summed E-state index contributed by atoms with van der Waals surface area (Å²) in [6.07, 6.45) is -3.24. The van der Waals surface area contributed by atoms with E-state index in [4.69, 9.17) is 4.42 Å². The van der Waals surface area contributed by atoms with Gasteiger partial charge in [-0.2, -0.15) is 0 Å². The molecule has 0 radical (unpaired) electrons. The maximum absolute atomic E-state index is 12.6. The van der Waals surface area contributed by atoms with Gasteiger partial charge in [0.25, 0.3) is 0 Å². The van der Waals surface area contributed by atoms with Gasteiger partial charge in [0.1, 0.15) is 5.75 Å². The number of nitrogens with one attached hydrogen (secondary N) is 2. The van der Waals surface area contributed by atoms with Crippen molar-refractivity contribution < 1.29 is 27.1 Å². The molecule has 32 heavy (non-hydrogen) atoms.